The molecule has 0 radical (unpaired) electrons. The fourth-order valence-corrected chi connectivity index (χ4v) is 4.09. The molecule has 4 rings (SSSR count). The number of aromatic nitrogens is 3. The summed E-state index contributed by atoms with van der Waals surface area (Å²) in [4.78, 5) is 17.7. The highest BCUT2D eigenvalue weighted by atomic mass is 79.9. The molecule has 0 aliphatic carbocycles. The Hall–Kier alpha value is -2.58. The Labute approximate surface area is 178 Å². The number of hydrogen-bond donors (Lipinski definition) is 2. The lowest BCUT2D eigenvalue weighted by Crippen LogP contribution is -2.39. The molecule has 0 saturated carbocycles. The van der Waals surface area contributed by atoms with Crippen LogP contribution in [0.2, 0.25) is 0 Å². The van der Waals surface area contributed by atoms with Gasteiger partial charge in [0.05, 0.1) is 24.5 Å². The number of anilines is 1. The summed E-state index contributed by atoms with van der Waals surface area (Å²) in [5.41, 5.74) is -1.45. The molecule has 2 amide bonds. The maximum Gasteiger partial charge on any atom is 0.322 e. The van der Waals surface area contributed by atoms with E-state index in [9.17, 15) is 23.1 Å². The first-order valence-corrected chi connectivity index (χ1v) is 9.96. The summed E-state index contributed by atoms with van der Waals surface area (Å²) in [5, 5.41) is 17.1. The second-order valence-corrected chi connectivity index (χ2v) is 8.13. The number of halogens is 4. The normalized spacial score (nSPS) is 22.5. The highest BCUT2D eigenvalue weighted by Crippen LogP contribution is 2.42. The Morgan fingerprint density at radius 2 is 2.17 bits per heavy atom. The molecule has 4 heterocycles. The van der Waals surface area contributed by atoms with Gasteiger partial charge in [-0.3, -0.25) is 4.68 Å². The molecule has 0 aromatic carbocycles. The van der Waals surface area contributed by atoms with Gasteiger partial charge in [-0.15, -0.1) is 6.42 Å². The van der Waals surface area contributed by atoms with E-state index in [4.69, 9.17) is 6.42 Å². The van der Waals surface area contributed by atoms with Crippen LogP contribution in [0.1, 0.15) is 29.8 Å². The van der Waals surface area contributed by atoms with Gasteiger partial charge in [-0.1, -0.05) is 5.92 Å². The number of rotatable bonds is 1. The van der Waals surface area contributed by atoms with Crippen molar-refractivity contribution in [1.29, 1.82) is 0 Å². The van der Waals surface area contributed by atoms with Gasteiger partial charge in [0, 0.05) is 31.1 Å². The molecule has 2 aliphatic heterocycles. The molecule has 158 valence electrons. The number of alkyl halides is 2. The minimum absolute atomic E-state index is 0.0520. The van der Waals surface area contributed by atoms with Gasteiger partial charge in [-0.05, 0) is 28.4 Å². The van der Waals surface area contributed by atoms with Crippen molar-refractivity contribution in [2.24, 2.45) is 0 Å². The van der Waals surface area contributed by atoms with Gasteiger partial charge in [0.15, 0.2) is 5.82 Å². The van der Waals surface area contributed by atoms with Gasteiger partial charge in [-0.25, -0.2) is 14.2 Å². The van der Waals surface area contributed by atoms with Gasteiger partial charge in [0.25, 0.3) is 5.92 Å². The zero-order valence-electron chi connectivity index (χ0n) is 15.6. The molecular weight excluding hydrogens is 467 g/mol. The monoisotopic (exact) mass is 483 g/mol. The number of terminal acetylenes is 1. The van der Waals surface area contributed by atoms with Crippen LogP contribution in [0.15, 0.2) is 16.9 Å². The van der Waals surface area contributed by atoms with E-state index in [1.54, 1.807) is 0 Å². The van der Waals surface area contributed by atoms with Crippen LogP contribution in [-0.2, 0) is 25.4 Å². The number of amides is 2. The zero-order chi connectivity index (χ0) is 21.7. The topological polar surface area (TPSA) is 83.3 Å². The first-order chi connectivity index (χ1) is 14.1. The van der Waals surface area contributed by atoms with E-state index in [1.165, 1.54) is 17.2 Å². The number of aliphatic hydroxyl groups is 1. The van der Waals surface area contributed by atoms with Gasteiger partial charge in [0.1, 0.15) is 15.9 Å². The Morgan fingerprint density at radius 1 is 1.40 bits per heavy atom. The van der Waals surface area contributed by atoms with E-state index in [1.807, 2.05) is 0 Å². The van der Waals surface area contributed by atoms with Crippen molar-refractivity contribution in [3.63, 3.8) is 0 Å². The van der Waals surface area contributed by atoms with Crippen molar-refractivity contribution < 1.29 is 23.1 Å². The maximum absolute atomic E-state index is 14.9. The molecule has 2 aromatic heterocycles. The zero-order valence-corrected chi connectivity index (χ0v) is 17.2. The molecule has 0 spiro atoms. The first kappa shape index (κ1) is 20.7. The molecule has 0 unspecified atom stereocenters. The standard InChI is InChI=1S/C19H17BrF3N5O2/c1-2-18(30)5-6-19(22,23)15-11-9-27(8-4-12(11)26-28(15)10-18)17(29)25-13-3-7-24-16(20)14(13)21/h1,3,7,30H,4-6,8-10H2,(H,24,25,29)/t18-/m0/s1. The van der Waals surface area contributed by atoms with Crippen molar-refractivity contribution in [2.45, 2.75) is 43.9 Å². The SMILES string of the molecule is C#C[C@]1(O)CCC(F)(F)c2c3c(nn2C1)CCN(C(=O)Nc1ccnc(Br)c1F)C3. The van der Waals surface area contributed by atoms with Crippen LogP contribution in [0, 0.1) is 18.2 Å². The molecular formula is C19H17BrF3N5O2. The Bertz CT molecular complexity index is 1070. The fourth-order valence-electron chi connectivity index (χ4n) is 3.76. The smallest absolute Gasteiger partial charge is 0.322 e. The summed E-state index contributed by atoms with van der Waals surface area (Å²) in [6.07, 6.45) is 6.01. The van der Waals surface area contributed by atoms with Crippen LogP contribution in [0.5, 0.6) is 0 Å². The number of nitrogens with zero attached hydrogens (tertiary/aromatic N) is 4. The van der Waals surface area contributed by atoms with E-state index in [0.29, 0.717) is 5.69 Å². The lowest BCUT2D eigenvalue weighted by atomic mass is 9.96. The molecule has 1 atom stereocenters. The highest BCUT2D eigenvalue weighted by molar-refractivity contribution is 9.10. The highest BCUT2D eigenvalue weighted by Gasteiger charge is 2.46. The Balaban J connectivity index is 1.62. The minimum Gasteiger partial charge on any atom is -0.376 e. The van der Waals surface area contributed by atoms with E-state index in [0.717, 1.165) is 4.68 Å². The molecule has 0 bridgehead atoms. The summed E-state index contributed by atoms with van der Waals surface area (Å²) < 4.78 is 44.9. The summed E-state index contributed by atoms with van der Waals surface area (Å²) in [5.74, 6) is -1.81. The fraction of sp³-hybridized carbons (Fsp3) is 0.421. The van der Waals surface area contributed by atoms with Crippen molar-refractivity contribution in [1.82, 2.24) is 19.7 Å². The van der Waals surface area contributed by atoms with Crippen LogP contribution in [-0.4, -0.2) is 42.9 Å². The average Bonchev–Trinajstić information content (AvgIpc) is 3.02. The van der Waals surface area contributed by atoms with E-state index >= 15 is 0 Å². The molecule has 2 aliphatic rings. The summed E-state index contributed by atoms with van der Waals surface area (Å²) in [6, 6.07) is 0.670. The Morgan fingerprint density at radius 3 is 2.90 bits per heavy atom. The van der Waals surface area contributed by atoms with Gasteiger partial charge >= 0.3 is 6.03 Å². The van der Waals surface area contributed by atoms with Gasteiger partial charge in [-0.2, -0.15) is 13.9 Å². The second-order valence-electron chi connectivity index (χ2n) is 7.38. The minimum atomic E-state index is -3.26. The third kappa shape index (κ3) is 3.54. The average molecular weight is 484 g/mol. The quantitative estimate of drug-likeness (QED) is 0.482. The number of carbonyl (C=O) groups is 1. The lowest BCUT2D eigenvalue weighted by Gasteiger charge is -2.28. The number of nitrogens with one attached hydrogen (secondary N) is 1. The third-order valence-corrected chi connectivity index (χ3v) is 5.91. The first-order valence-electron chi connectivity index (χ1n) is 9.16. The predicted octanol–water partition coefficient (Wildman–Crippen LogP) is 3.02. The molecule has 11 heteroatoms. The van der Waals surface area contributed by atoms with E-state index in [2.05, 4.69) is 37.2 Å². The van der Waals surface area contributed by atoms with Gasteiger partial charge < -0.3 is 15.3 Å². The van der Waals surface area contributed by atoms with Crippen molar-refractivity contribution in [3.05, 3.63) is 39.6 Å². The van der Waals surface area contributed by atoms with Crippen molar-refractivity contribution in [3.8, 4) is 12.3 Å². The number of pyridine rings is 1. The molecule has 2 aromatic rings. The second kappa shape index (κ2) is 7.28. The van der Waals surface area contributed by atoms with Crippen molar-refractivity contribution in [2.75, 3.05) is 11.9 Å². The summed E-state index contributed by atoms with van der Waals surface area (Å²) in [6.45, 7) is -0.146. The van der Waals surface area contributed by atoms with Crippen molar-refractivity contribution >= 4 is 27.6 Å². The lowest BCUT2D eigenvalue weighted by molar-refractivity contribution is -0.0300. The number of carbonyl (C=O) groups excluding carboxylic acids is 1. The number of hydrogen-bond acceptors (Lipinski definition) is 4. The predicted molar refractivity (Wildman–Crippen MR) is 104 cm³/mol. The largest absolute Gasteiger partial charge is 0.376 e. The Kier molecular flexibility index (Phi) is 5.02. The number of urea groups is 1. The maximum atomic E-state index is 14.9. The number of fused-ring (bicyclic) bond motifs is 3. The van der Waals surface area contributed by atoms with Crippen LogP contribution in [0.4, 0.5) is 23.7 Å². The molecule has 0 fully saturated rings. The third-order valence-electron chi connectivity index (χ3n) is 5.36. The van der Waals surface area contributed by atoms with E-state index < -0.39 is 29.8 Å². The van der Waals surface area contributed by atoms with Crippen LogP contribution < -0.4 is 5.32 Å². The molecule has 7 nitrogen and oxygen atoms in total. The van der Waals surface area contributed by atoms with Crippen LogP contribution in [0.25, 0.3) is 0 Å². The van der Waals surface area contributed by atoms with Gasteiger partial charge in [0.2, 0.25) is 0 Å². The molecule has 2 N–H and O–H groups in total. The van der Waals surface area contributed by atoms with Crippen LogP contribution >= 0.6 is 15.9 Å². The van der Waals surface area contributed by atoms with E-state index in [-0.39, 0.29) is 54.0 Å². The summed E-state index contributed by atoms with van der Waals surface area (Å²) in [7, 11) is 0. The summed E-state index contributed by atoms with van der Waals surface area (Å²) >= 11 is 2.94. The van der Waals surface area contributed by atoms with Crippen LogP contribution in [0.3, 0.4) is 0 Å². The molecule has 0 saturated heterocycles. The molecule has 30 heavy (non-hydrogen) atoms.